The first-order chi connectivity index (χ1) is 19.5. The van der Waals surface area contributed by atoms with E-state index in [1.54, 1.807) is 19.1 Å². The summed E-state index contributed by atoms with van der Waals surface area (Å²) >= 11 is 3.26. The number of carbonyl (C=O) groups is 2. The number of pyridine rings is 1. The number of piperidine rings is 1. The van der Waals surface area contributed by atoms with Gasteiger partial charge in [0.05, 0.1) is 11.1 Å². The minimum absolute atomic E-state index is 0.0334. The van der Waals surface area contributed by atoms with Crippen LogP contribution in [0.5, 0.6) is 0 Å². The molecular weight excluding hydrogens is 635 g/mol. The first kappa shape index (κ1) is 31.5. The van der Waals surface area contributed by atoms with E-state index in [9.17, 15) is 40.3 Å². The summed E-state index contributed by atoms with van der Waals surface area (Å²) in [6.45, 7) is 1.36. The van der Waals surface area contributed by atoms with Crippen LogP contribution >= 0.6 is 15.9 Å². The fraction of sp³-hybridized carbons (Fsp3) is 0.345. The van der Waals surface area contributed by atoms with Crippen molar-refractivity contribution in [3.8, 4) is 0 Å². The Kier molecular flexibility index (Phi) is 9.00. The Morgan fingerprint density at radius 1 is 1.00 bits per heavy atom. The third-order valence-corrected chi connectivity index (χ3v) is 7.71. The average molecular weight is 660 g/mol. The van der Waals surface area contributed by atoms with Crippen LogP contribution in [0.2, 0.25) is 0 Å². The molecule has 0 aliphatic carbocycles. The lowest BCUT2D eigenvalue weighted by Crippen LogP contribution is -2.48. The third kappa shape index (κ3) is 7.11. The second-order valence-corrected chi connectivity index (χ2v) is 11.1. The molecule has 1 fully saturated rings. The molecule has 224 valence electrons. The monoisotopic (exact) mass is 659 g/mol. The van der Waals surface area contributed by atoms with Crippen molar-refractivity contribution in [3.05, 3.63) is 98.5 Å². The lowest BCUT2D eigenvalue weighted by atomic mass is 9.78. The molecule has 42 heavy (non-hydrogen) atoms. The van der Waals surface area contributed by atoms with Gasteiger partial charge in [-0.05, 0) is 88.4 Å². The van der Waals surface area contributed by atoms with Crippen LogP contribution in [-0.2, 0) is 23.7 Å². The van der Waals surface area contributed by atoms with Crippen LogP contribution in [0.1, 0.15) is 50.6 Å². The van der Waals surface area contributed by atoms with E-state index >= 15 is 0 Å². The number of rotatable bonds is 5. The van der Waals surface area contributed by atoms with Crippen molar-refractivity contribution in [3.63, 3.8) is 0 Å². The second kappa shape index (κ2) is 12.0. The van der Waals surface area contributed by atoms with E-state index in [1.807, 2.05) is 0 Å². The Morgan fingerprint density at radius 2 is 1.64 bits per heavy atom. The summed E-state index contributed by atoms with van der Waals surface area (Å²) in [5.74, 6) is -2.81. The number of aryl methyl sites for hydroxylation is 1. The van der Waals surface area contributed by atoms with Gasteiger partial charge in [-0.25, -0.2) is 9.37 Å². The Morgan fingerprint density at radius 3 is 2.19 bits per heavy atom. The van der Waals surface area contributed by atoms with Crippen molar-refractivity contribution in [2.75, 3.05) is 20.1 Å². The van der Waals surface area contributed by atoms with Gasteiger partial charge in [0.1, 0.15) is 11.5 Å². The molecule has 0 radical (unpaired) electrons. The molecular formula is C29H25BrF7N3O2. The molecule has 1 aliphatic rings. The fourth-order valence-corrected chi connectivity index (χ4v) is 5.45. The molecule has 1 aromatic heterocycles. The summed E-state index contributed by atoms with van der Waals surface area (Å²) in [4.78, 5) is 33.7. The van der Waals surface area contributed by atoms with Crippen LogP contribution in [-0.4, -0.2) is 46.7 Å². The highest BCUT2D eigenvalue weighted by Gasteiger charge is 2.40. The summed E-state index contributed by atoms with van der Waals surface area (Å²) in [6, 6.07) is 8.45. The number of carbonyl (C=O) groups excluding carboxylic acids is 2. The molecule has 5 nitrogen and oxygen atoms in total. The van der Waals surface area contributed by atoms with Gasteiger partial charge in [-0.1, -0.05) is 6.07 Å². The molecule has 2 heterocycles. The standard InChI is InChI=1S/C29H25BrF7N3O2/c1-16-9-21(31)4-5-22(16)24-15-40(27(42)25-6-3-20(30)13-38-25)8-7-23(24)26(41)39(2)14-17-10-18(28(32,33)34)12-19(11-17)29(35,36)37/h3-6,9-13,23-24H,7-8,14-15H2,1-2H3/t23-,24+/m1/s1. The number of aromatic nitrogens is 1. The maximum Gasteiger partial charge on any atom is 0.416 e. The second-order valence-electron chi connectivity index (χ2n) is 10.2. The van der Waals surface area contributed by atoms with E-state index in [1.165, 1.54) is 36.3 Å². The molecule has 0 unspecified atom stereocenters. The molecule has 2 aromatic carbocycles. The highest BCUT2D eigenvalue weighted by Crippen LogP contribution is 2.38. The van der Waals surface area contributed by atoms with Gasteiger partial charge >= 0.3 is 12.4 Å². The molecule has 0 spiro atoms. The third-order valence-electron chi connectivity index (χ3n) is 7.24. The number of amides is 2. The predicted octanol–water partition coefficient (Wildman–Crippen LogP) is 7.23. The number of hydrogen-bond donors (Lipinski definition) is 0. The Hall–Kier alpha value is -3.48. The van der Waals surface area contributed by atoms with E-state index in [-0.39, 0.29) is 42.7 Å². The molecule has 2 atom stereocenters. The molecule has 2 amide bonds. The molecule has 13 heteroatoms. The maximum absolute atomic E-state index is 13.9. The molecule has 0 N–H and O–H groups in total. The average Bonchev–Trinajstić information content (AvgIpc) is 2.91. The Labute approximate surface area is 245 Å². The highest BCUT2D eigenvalue weighted by molar-refractivity contribution is 9.10. The number of hydrogen-bond acceptors (Lipinski definition) is 3. The predicted molar refractivity (Wildman–Crippen MR) is 143 cm³/mol. The lowest BCUT2D eigenvalue weighted by molar-refractivity contribution is -0.143. The first-order valence-corrected chi connectivity index (χ1v) is 13.5. The maximum atomic E-state index is 13.9. The highest BCUT2D eigenvalue weighted by atomic mass is 79.9. The van der Waals surface area contributed by atoms with Gasteiger partial charge in [0, 0.05) is 49.2 Å². The molecule has 1 aliphatic heterocycles. The summed E-state index contributed by atoms with van der Waals surface area (Å²) < 4.78 is 94.7. The molecule has 0 bridgehead atoms. The first-order valence-electron chi connectivity index (χ1n) is 12.7. The largest absolute Gasteiger partial charge is 0.416 e. The zero-order valence-electron chi connectivity index (χ0n) is 22.4. The zero-order valence-corrected chi connectivity index (χ0v) is 23.9. The van der Waals surface area contributed by atoms with Crippen LogP contribution in [0.4, 0.5) is 30.7 Å². The van der Waals surface area contributed by atoms with E-state index in [0.717, 1.165) is 4.90 Å². The SMILES string of the molecule is Cc1cc(F)ccc1[C@@H]1CN(C(=O)c2ccc(Br)cn2)CC[C@H]1C(=O)N(C)Cc1cc(C(F)(F)F)cc(C(F)(F)F)c1. The van der Waals surface area contributed by atoms with Gasteiger partial charge in [-0.3, -0.25) is 9.59 Å². The van der Waals surface area contributed by atoms with Crippen molar-refractivity contribution in [1.82, 2.24) is 14.8 Å². The summed E-state index contributed by atoms with van der Waals surface area (Å²) in [5.41, 5.74) is -1.97. The van der Waals surface area contributed by atoms with Gasteiger partial charge < -0.3 is 9.80 Å². The van der Waals surface area contributed by atoms with Crippen molar-refractivity contribution in [2.24, 2.45) is 5.92 Å². The number of halogens is 8. The summed E-state index contributed by atoms with van der Waals surface area (Å²) in [5, 5.41) is 0. The number of likely N-dealkylation sites (tertiary alicyclic amines) is 1. The van der Waals surface area contributed by atoms with Crippen LogP contribution < -0.4 is 0 Å². The van der Waals surface area contributed by atoms with Crippen molar-refractivity contribution in [1.29, 1.82) is 0 Å². The van der Waals surface area contributed by atoms with Gasteiger partial charge in [0.2, 0.25) is 5.91 Å². The van der Waals surface area contributed by atoms with Gasteiger partial charge in [-0.2, -0.15) is 26.3 Å². The lowest BCUT2D eigenvalue weighted by Gasteiger charge is -2.40. The number of nitrogens with zero attached hydrogens (tertiary/aromatic N) is 3. The van der Waals surface area contributed by atoms with Gasteiger partial charge in [0.15, 0.2) is 0 Å². The van der Waals surface area contributed by atoms with Crippen molar-refractivity contribution >= 4 is 27.7 Å². The van der Waals surface area contributed by atoms with Crippen LogP contribution in [0.3, 0.4) is 0 Å². The minimum atomic E-state index is -5.02. The zero-order chi connectivity index (χ0) is 31.0. The van der Waals surface area contributed by atoms with E-state index in [4.69, 9.17) is 0 Å². The summed E-state index contributed by atoms with van der Waals surface area (Å²) in [7, 11) is 1.30. The van der Waals surface area contributed by atoms with Gasteiger partial charge in [-0.15, -0.1) is 0 Å². The van der Waals surface area contributed by atoms with Crippen molar-refractivity contribution in [2.45, 2.75) is 38.2 Å². The normalized spacial score (nSPS) is 17.7. The smallest absolute Gasteiger partial charge is 0.341 e. The van der Waals surface area contributed by atoms with E-state index < -0.39 is 53.6 Å². The van der Waals surface area contributed by atoms with E-state index in [2.05, 4.69) is 20.9 Å². The fourth-order valence-electron chi connectivity index (χ4n) is 5.21. The van der Waals surface area contributed by atoms with Crippen LogP contribution in [0, 0.1) is 18.7 Å². The Balaban J connectivity index is 1.63. The van der Waals surface area contributed by atoms with Crippen LogP contribution in [0.15, 0.2) is 59.2 Å². The van der Waals surface area contributed by atoms with Crippen LogP contribution in [0.25, 0.3) is 0 Å². The molecule has 3 aromatic rings. The summed E-state index contributed by atoms with van der Waals surface area (Å²) in [6.07, 6.45) is -8.42. The topological polar surface area (TPSA) is 53.5 Å². The number of benzene rings is 2. The van der Waals surface area contributed by atoms with Crippen molar-refractivity contribution < 1.29 is 40.3 Å². The number of alkyl halides is 6. The van der Waals surface area contributed by atoms with E-state index in [0.29, 0.717) is 27.7 Å². The molecule has 1 saturated heterocycles. The minimum Gasteiger partial charge on any atom is -0.341 e. The molecule has 0 saturated carbocycles. The molecule has 4 rings (SSSR count). The quantitative estimate of drug-likeness (QED) is 0.272. The Bertz CT molecular complexity index is 1440. The van der Waals surface area contributed by atoms with Gasteiger partial charge in [0.25, 0.3) is 5.91 Å².